The number of nitrogens with zero attached hydrogens (tertiary/aromatic N) is 1. The minimum absolute atomic E-state index is 0.147. The molecule has 1 unspecified atom stereocenters. The molecule has 0 fully saturated rings. The number of rotatable bonds is 2. The third-order valence-corrected chi connectivity index (χ3v) is 2.84. The predicted molar refractivity (Wildman–Crippen MR) is 68.1 cm³/mol. The van der Waals surface area contributed by atoms with E-state index in [9.17, 15) is 0 Å². The van der Waals surface area contributed by atoms with Crippen LogP contribution < -0.4 is 0 Å². The van der Waals surface area contributed by atoms with E-state index in [-0.39, 0.29) is 6.23 Å². The smallest absolute Gasteiger partial charge is 0.175 e. The Morgan fingerprint density at radius 3 is 2.24 bits per heavy atom. The molecule has 1 heterocycles. The Hall–Kier alpha value is -1.93. The van der Waals surface area contributed by atoms with Gasteiger partial charge in [-0.25, -0.2) is 0 Å². The summed E-state index contributed by atoms with van der Waals surface area (Å²) in [4.78, 5) is 4.62. The summed E-state index contributed by atoms with van der Waals surface area (Å²) >= 11 is 0. The first-order valence-electron chi connectivity index (χ1n) is 5.72. The minimum Gasteiger partial charge on any atom is -0.346 e. The molecule has 3 rings (SSSR count). The van der Waals surface area contributed by atoms with Crippen molar-refractivity contribution in [2.75, 3.05) is 6.61 Å². The summed E-state index contributed by atoms with van der Waals surface area (Å²) in [5.41, 5.74) is 3.28. The Bertz CT molecular complexity index is 519. The first kappa shape index (κ1) is 10.2. The van der Waals surface area contributed by atoms with Crippen molar-refractivity contribution >= 4 is 5.71 Å². The van der Waals surface area contributed by atoms with Crippen LogP contribution in [0.25, 0.3) is 0 Å². The number of aliphatic imine (C=N–C) groups is 1. The Morgan fingerprint density at radius 2 is 1.53 bits per heavy atom. The van der Waals surface area contributed by atoms with E-state index in [1.54, 1.807) is 0 Å². The predicted octanol–water partition coefficient (Wildman–Crippen LogP) is 3.20. The highest BCUT2D eigenvalue weighted by atomic mass is 16.5. The molecule has 2 aromatic carbocycles. The van der Waals surface area contributed by atoms with E-state index in [0.29, 0.717) is 6.61 Å². The zero-order valence-electron chi connectivity index (χ0n) is 9.41. The second kappa shape index (κ2) is 4.52. The molecule has 0 radical (unpaired) electrons. The van der Waals surface area contributed by atoms with Gasteiger partial charge in [-0.1, -0.05) is 60.7 Å². The standard InChI is InChI=1S/C15H13NO/c1-3-7-12(8-4-1)14-11-17-15(16-14)13-9-5-2-6-10-13/h1-10,15H,11H2. The van der Waals surface area contributed by atoms with Crippen molar-refractivity contribution in [3.05, 3.63) is 71.8 Å². The van der Waals surface area contributed by atoms with Crippen LogP contribution in [0.2, 0.25) is 0 Å². The van der Waals surface area contributed by atoms with Crippen LogP contribution in [0.15, 0.2) is 65.7 Å². The summed E-state index contributed by atoms with van der Waals surface area (Å²) in [5.74, 6) is 0. The van der Waals surface area contributed by atoms with Crippen molar-refractivity contribution in [1.29, 1.82) is 0 Å². The quantitative estimate of drug-likeness (QED) is 0.766. The number of ether oxygens (including phenoxy) is 1. The van der Waals surface area contributed by atoms with Crippen molar-refractivity contribution in [3.8, 4) is 0 Å². The second-order valence-electron chi connectivity index (χ2n) is 4.02. The number of hydrogen-bond donors (Lipinski definition) is 0. The lowest BCUT2D eigenvalue weighted by molar-refractivity contribution is 0.110. The van der Waals surface area contributed by atoms with Crippen molar-refractivity contribution in [2.45, 2.75) is 6.23 Å². The van der Waals surface area contributed by atoms with Gasteiger partial charge in [-0.15, -0.1) is 0 Å². The molecular weight excluding hydrogens is 210 g/mol. The monoisotopic (exact) mass is 223 g/mol. The fourth-order valence-corrected chi connectivity index (χ4v) is 1.95. The maximum absolute atomic E-state index is 5.70. The average molecular weight is 223 g/mol. The van der Waals surface area contributed by atoms with Gasteiger partial charge >= 0.3 is 0 Å². The number of benzene rings is 2. The lowest BCUT2D eigenvalue weighted by Crippen LogP contribution is -2.02. The van der Waals surface area contributed by atoms with Gasteiger partial charge in [-0.2, -0.15) is 0 Å². The van der Waals surface area contributed by atoms with Crippen LogP contribution in [0.3, 0.4) is 0 Å². The summed E-state index contributed by atoms with van der Waals surface area (Å²) in [6.07, 6.45) is -0.147. The van der Waals surface area contributed by atoms with E-state index in [1.807, 2.05) is 48.5 Å². The molecular formula is C15H13NO. The van der Waals surface area contributed by atoms with Gasteiger partial charge in [0, 0.05) is 5.56 Å². The Labute approximate surface area is 101 Å². The van der Waals surface area contributed by atoms with E-state index in [2.05, 4.69) is 17.1 Å². The van der Waals surface area contributed by atoms with E-state index in [1.165, 1.54) is 0 Å². The van der Waals surface area contributed by atoms with Gasteiger partial charge in [0.25, 0.3) is 0 Å². The van der Waals surface area contributed by atoms with E-state index >= 15 is 0 Å². The molecule has 1 atom stereocenters. The SMILES string of the molecule is c1ccc(C2=NC(c3ccccc3)OC2)cc1. The molecule has 17 heavy (non-hydrogen) atoms. The summed E-state index contributed by atoms with van der Waals surface area (Å²) in [6, 6.07) is 20.3. The van der Waals surface area contributed by atoms with Crippen LogP contribution in [-0.2, 0) is 4.74 Å². The molecule has 0 N–H and O–H groups in total. The first-order chi connectivity index (χ1) is 8.43. The molecule has 2 heteroatoms. The molecule has 0 aliphatic carbocycles. The van der Waals surface area contributed by atoms with Crippen LogP contribution >= 0.6 is 0 Å². The largest absolute Gasteiger partial charge is 0.346 e. The second-order valence-corrected chi connectivity index (χ2v) is 4.02. The lowest BCUT2D eigenvalue weighted by atomic mass is 10.1. The molecule has 1 aliphatic rings. The Kier molecular flexibility index (Phi) is 2.72. The molecule has 2 aromatic rings. The Morgan fingerprint density at radius 1 is 0.882 bits per heavy atom. The molecule has 0 saturated heterocycles. The molecule has 1 aliphatic heterocycles. The van der Waals surface area contributed by atoms with Crippen molar-refractivity contribution in [3.63, 3.8) is 0 Å². The number of hydrogen-bond acceptors (Lipinski definition) is 2. The normalized spacial score (nSPS) is 19.1. The average Bonchev–Trinajstić information content (AvgIpc) is 2.90. The zero-order valence-corrected chi connectivity index (χ0v) is 9.41. The minimum atomic E-state index is -0.147. The highest BCUT2D eigenvalue weighted by molar-refractivity contribution is 6.02. The summed E-state index contributed by atoms with van der Waals surface area (Å²) < 4.78 is 5.70. The van der Waals surface area contributed by atoms with Crippen LogP contribution in [-0.4, -0.2) is 12.3 Å². The van der Waals surface area contributed by atoms with Crippen LogP contribution in [0.4, 0.5) is 0 Å². The van der Waals surface area contributed by atoms with Gasteiger partial charge in [0.2, 0.25) is 0 Å². The van der Waals surface area contributed by atoms with Gasteiger partial charge in [-0.05, 0) is 5.56 Å². The van der Waals surface area contributed by atoms with Crippen LogP contribution in [0, 0.1) is 0 Å². The molecule has 0 amide bonds. The maximum Gasteiger partial charge on any atom is 0.175 e. The van der Waals surface area contributed by atoms with Gasteiger partial charge in [0.1, 0.15) is 0 Å². The van der Waals surface area contributed by atoms with Gasteiger partial charge in [0.15, 0.2) is 6.23 Å². The summed E-state index contributed by atoms with van der Waals surface area (Å²) in [5, 5.41) is 0. The molecule has 84 valence electrons. The van der Waals surface area contributed by atoms with Crippen LogP contribution in [0.5, 0.6) is 0 Å². The van der Waals surface area contributed by atoms with E-state index in [4.69, 9.17) is 4.74 Å². The molecule has 0 bridgehead atoms. The third-order valence-electron chi connectivity index (χ3n) is 2.84. The Balaban J connectivity index is 1.87. The van der Waals surface area contributed by atoms with Gasteiger partial charge in [0.05, 0.1) is 12.3 Å². The molecule has 0 spiro atoms. The van der Waals surface area contributed by atoms with Gasteiger partial charge < -0.3 is 4.74 Å². The van der Waals surface area contributed by atoms with E-state index < -0.39 is 0 Å². The fourth-order valence-electron chi connectivity index (χ4n) is 1.95. The zero-order chi connectivity index (χ0) is 11.5. The molecule has 2 nitrogen and oxygen atoms in total. The lowest BCUT2D eigenvalue weighted by Gasteiger charge is -2.05. The maximum atomic E-state index is 5.70. The topological polar surface area (TPSA) is 21.6 Å². The molecule has 0 saturated carbocycles. The van der Waals surface area contributed by atoms with Crippen molar-refractivity contribution < 1.29 is 4.74 Å². The summed E-state index contributed by atoms with van der Waals surface area (Å²) in [7, 11) is 0. The summed E-state index contributed by atoms with van der Waals surface area (Å²) in [6.45, 7) is 0.587. The van der Waals surface area contributed by atoms with E-state index in [0.717, 1.165) is 16.8 Å². The van der Waals surface area contributed by atoms with Crippen LogP contribution in [0.1, 0.15) is 17.4 Å². The van der Waals surface area contributed by atoms with Gasteiger partial charge in [-0.3, -0.25) is 4.99 Å². The highest BCUT2D eigenvalue weighted by Gasteiger charge is 2.19. The fraction of sp³-hybridized carbons (Fsp3) is 0.133. The van der Waals surface area contributed by atoms with Crippen molar-refractivity contribution in [2.24, 2.45) is 4.99 Å². The molecule has 0 aromatic heterocycles. The van der Waals surface area contributed by atoms with Crippen molar-refractivity contribution in [1.82, 2.24) is 0 Å². The first-order valence-corrected chi connectivity index (χ1v) is 5.72. The third kappa shape index (κ3) is 2.12. The highest BCUT2D eigenvalue weighted by Crippen LogP contribution is 2.25.